The van der Waals surface area contributed by atoms with Crippen molar-refractivity contribution in [3.05, 3.63) is 0 Å². The molecule has 6 heteroatoms. The van der Waals surface area contributed by atoms with E-state index in [4.69, 9.17) is 15.2 Å². The zero-order valence-electron chi connectivity index (χ0n) is 12.1. The van der Waals surface area contributed by atoms with Crippen molar-refractivity contribution in [1.29, 1.82) is 0 Å². The Morgan fingerprint density at radius 1 is 1.37 bits per heavy atom. The molecule has 0 bridgehead atoms. The standard InChI is InChI=1S/C13H24N2O4/c1-5-18-11(16)9-6-7-15(8-10(9)14)12(17)19-13(2,3)4/h9-10H,5-8,14H2,1-4H3/t9-,10-/m0/s1. The van der Waals surface area contributed by atoms with E-state index < -0.39 is 11.6 Å². The van der Waals surface area contributed by atoms with Gasteiger partial charge in [0.2, 0.25) is 0 Å². The molecule has 1 fully saturated rings. The van der Waals surface area contributed by atoms with Crippen LogP contribution in [0.5, 0.6) is 0 Å². The zero-order valence-corrected chi connectivity index (χ0v) is 12.1. The number of piperidine rings is 1. The molecule has 0 unspecified atom stereocenters. The van der Waals surface area contributed by atoms with Crippen molar-refractivity contribution >= 4 is 12.1 Å². The topological polar surface area (TPSA) is 81.9 Å². The molecule has 1 aliphatic rings. The number of ether oxygens (including phenoxy) is 2. The Hall–Kier alpha value is -1.30. The lowest BCUT2D eigenvalue weighted by molar-refractivity contribution is -0.150. The SMILES string of the molecule is CCOC(=O)[C@H]1CCN(C(=O)OC(C)(C)C)C[C@@H]1N. The number of rotatable bonds is 2. The van der Waals surface area contributed by atoms with Gasteiger partial charge in [-0.3, -0.25) is 4.79 Å². The van der Waals surface area contributed by atoms with Crippen LogP contribution in [0.15, 0.2) is 0 Å². The smallest absolute Gasteiger partial charge is 0.410 e. The Balaban J connectivity index is 2.54. The second kappa shape index (κ2) is 6.23. The van der Waals surface area contributed by atoms with Crippen LogP contribution in [-0.2, 0) is 14.3 Å². The lowest BCUT2D eigenvalue weighted by Crippen LogP contribution is -2.53. The van der Waals surface area contributed by atoms with Crippen LogP contribution in [0, 0.1) is 5.92 Å². The van der Waals surface area contributed by atoms with Crippen LogP contribution < -0.4 is 5.73 Å². The second-order valence-electron chi connectivity index (χ2n) is 5.74. The van der Waals surface area contributed by atoms with Crippen molar-refractivity contribution in [3.8, 4) is 0 Å². The van der Waals surface area contributed by atoms with Gasteiger partial charge >= 0.3 is 12.1 Å². The van der Waals surface area contributed by atoms with Gasteiger partial charge in [-0.05, 0) is 34.1 Å². The maximum atomic E-state index is 11.9. The average Bonchev–Trinajstić information content (AvgIpc) is 2.26. The van der Waals surface area contributed by atoms with Gasteiger partial charge < -0.3 is 20.1 Å². The number of carbonyl (C=O) groups excluding carboxylic acids is 2. The van der Waals surface area contributed by atoms with Gasteiger partial charge in [0.1, 0.15) is 5.60 Å². The number of amides is 1. The summed E-state index contributed by atoms with van der Waals surface area (Å²) in [6.07, 6.45) is 0.129. The van der Waals surface area contributed by atoms with E-state index in [-0.39, 0.29) is 18.0 Å². The highest BCUT2D eigenvalue weighted by Gasteiger charge is 2.35. The highest BCUT2D eigenvalue weighted by molar-refractivity contribution is 5.74. The summed E-state index contributed by atoms with van der Waals surface area (Å²) < 4.78 is 10.3. The number of nitrogens with two attached hydrogens (primary N) is 1. The Labute approximate surface area is 114 Å². The normalized spacial score (nSPS) is 23.9. The monoisotopic (exact) mass is 272 g/mol. The van der Waals surface area contributed by atoms with Gasteiger partial charge in [0.15, 0.2) is 0 Å². The van der Waals surface area contributed by atoms with E-state index in [9.17, 15) is 9.59 Å². The van der Waals surface area contributed by atoms with Crippen LogP contribution in [0.25, 0.3) is 0 Å². The number of likely N-dealkylation sites (tertiary alicyclic amines) is 1. The van der Waals surface area contributed by atoms with Gasteiger partial charge in [0, 0.05) is 19.1 Å². The number of hydrogen-bond acceptors (Lipinski definition) is 5. The van der Waals surface area contributed by atoms with E-state index in [1.165, 1.54) is 0 Å². The lowest BCUT2D eigenvalue weighted by atomic mass is 9.92. The van der Waals surface area contributed by atoms with Gasteiger partial charge in [-0.1, -0.05) is 0 Å². The summed E-state index contributed by atoms with van der Waals surface area (Å²) in [5, 5.41) is 0. The highest BCUT2D eigenvalue weighted by Crippen LogP contribution is 2.20. The van der Waals surface area contributed by atoms with Crippen molar-refractivity contribution in [3.63, 3.8) is 0 Å². The van der Waals surface area contributed by atoms with Crippen LogP contribution in [0.1, 0.15) is 34.1 Å². The van der Waals surface area contributed by atoms with E-state index in [1.54, 1.807) is 11.8 Å². The predicted molar refractivity (Wildman–Crippen MR) is 70.5 cm³/mol. The first-order valence-electron chi connectivity index (χ1n) is 6.64. The van der Waals surface area contributed by atoms with Crippen molar-refractivity contribution in [2.24, 2.45) is 11.7 Å². The Kier molecular flexibility index (Phi) is 5.17. The van der Waals surface area contributed by atoms with Crippen LogP contribution in [0.3, 0.4) is 0 Å². The molecule has 0 aliphatic carbocycles. The van der Waals surface area contributed by atoms with Crippen molar-refractivity contribution in [2.45, 2.75) is 45.8 Å². The van der Waals surface area contributed by atoms with Crippen molar-refractivity contribution < 1.29 is 19.1 Å². The van der Waals surface area contributed by atoms with Gasteiger partial charge in [-0.15, -0.1) is 0 Å². The van der Waals surface area contributed by atoms with E-state index in [0.717, 1.165) is 0 Å². The highest BCUT2D eigenvalue weighted by atomic mass is 16.6. The van der Waals surface area contributed by atoms with Crippen LogP contribution in [0.4, 0.5) is 4.79 Å². The summed E-state index contributed by atoms with van der Waals surface area (Å²) >= 11 is 0. The molecule has 6 nitrogen and oxygen atoms in total. The quantitative estimate of drug-likeness (QED) is 0.762. The summed E-state index contributed by atoms with van der Waals surface area (Å²) in [6.45, 7) is 8.34. The molecular formula is C13H24N2O4. The van der Waals surface area contributed by atoms with Crippen LogP contribution >= 0.6 is 0 Å². The summed E-state index contributed by atoms with van der Waals surface area (Å²) in [5.41, 5.74) is 5.42. The largest absolute Gasteiger partial charge is 0.466 e. The molecule has 1 heterocycles. The minimum absolute atomic E-state index is 0.279. The molecule has 1 saturated heterocycles. The molecule has 1 rings (SSSR count). The van der Waals surface area contributed by atoms with Gasteiger partial charge in [0.05, 0.1) is 12.5 Å². The molecule has 19 heavy (non-hydrogen) atoms. The number of carbonyl (C=O) groups is 2. The third-order valence-corrected chi connectivity index (χ3v) is 2.90. The first kappa shape index (κ1) is 15.8. The number of nitrogens with zero attached hydrogens (tertiary/aromatic N) is 1. The molecule has 0 aromatic rings. The Bertz CT molecular complexity index is 338. The Morgan fingerprint density at radius 2 is 2.00 bits per heavy atom. The molecule has 0 spiro atoms. The molecule has 110 valence electrons. The summed E-state index contributed by atoms with van der Waals surface area (Å²) in [6, 6.07) is -0.402. The molecule has 0 radical (unpaired) electrons. The molecule has 0 saturated carbocycles. The number of esters is 1. The van der Waals surface area contributed by atoms with E-state index in [0.29, 0.717) is 26.1 Å². The minimum atomic E-state index is -0.529. The van der Waals surface area contributed by atoms with E-state index in [2.05, 4.69) is 0 Å². The molecule has 1 amide bonds. The maximum Gasteiger partial charge on any atom is 0.410 e. The molecule has 0 aromatic heterocycles. The van der Waals surface area contributed by atoms with Gasteiger partial charge in [0.25, 0.3) is 0 Å². The molecule has 1 aliphatic heterocycles. The lowest BCUT2D eigenvalue weighted by Gasteiger charge is -2.36. The molecule has 2 atom stereocenters. The molecule has 2 N–H and O–H groups in total. The third kappa shape index (κ3) is 4.70. The van der Waals surface area contributed by atoms with Crippen LogP contribution in [-0.4, -0.2) is 48.3 Å². The maximum absolute atomic E-state index is 11.9. The summed E-state index contributed by atoms with van der Waals surface area (Å²) in [5.74, 6) is -0.613. The summed E-state index contributed by atoms with van der Waals surface area (Å²) in [7, 11) is 0. The fraction of sp³-hybridized carbons (Fsp3) is 0.846. The molecular weight excluding hydrogens is 248 g/mol. The predicted octanol–water partition coefficient (Wildman–Crippen LogP) is 1.13. The van der Waals surface area contributed by atoms with E-state index >= 15 is 0 Å². The van der Waals surface area contributed by atoms with Crippen molar-refractivity contribution in [2.75, 3.05) is 19.7 Å². The number of hydrogen-bond donors (Lipinski definition) is 1. The fourth-order valence-electron chi connectivity index (χ4n) is 2.02. The summed E-state index contributed by atoms with van der Waals surface area (Å²) in [4.78, 5) is 25.1. The van der Waals surface area contributed by atoms with Gasteiger partial charge in [-0.2, -0.15) is 0 Å². The molecule has 0 aromatic carbocycles. The first-order valence-corrected chi connectivity index (χ1v) is 6.64. The Morgan fingerprint density at radius 3 is 2.47 bits per heavy atom. The van der Waals surface area contributed by atoms with Gasteiger partial charge in [-0.25, -0.2) is 4.79 Å². The minimum Gasteiger partial charge on any atom is -0.466 e. The zero-order chi connectivity index (χ0) is 14.6. The van der Waals surface area contributed by atoms with Crippen molar-refractivity contribution in [1.82, 2.24) is 4.90 Å². The van der Waals surface area contributed by atoms with E-state index in [1.807, 2.05) is 20.8 Å². The van der Waals surface area contributed by atoms with Crippen LogP contribution in [0.2, 0.25) is 0 Å². The average molecular weight is 272 g/mol. The second-order valence-corrected chi connectivity index (χ2v) is 5.74. The first-order chi connectivity index (χ1) is 8.74. The fourth-order valence-corrected chi connectivity index (χ4v) is 2.02. The third-order valence-electron chi connectivity index (χ3n) is 2.90.